The average Bonchev–Trinajstić information content (AvgIpc) is 3.37. The molecule has 3 aromatic rings. The highest BCUT2D eigenvalue weighted by atomic mass is 31.2. The Kier molecular flexibility index (Phi) is 6.11. The lowest BCUT2D eigenvalue weighted by Gasteiger charge is -2.30. The standard InChI is InChI=1S/C22H24N5O7P/c1-22(29)18(28)17(33-21(22)27-9-7-15-19(23)25-12-26-20(15)27)11-32-35(30)31-10-8-16(34-35)13-3-5-14(24-2)6-4-13/h3-7,9,12,16-18,21,28-29H,8,10-11H2,1H3,(H2,23,25,26)/t16-,17+,18+,21+,22+,35?/m0/s1. The number of nitrogens with two attached hydrogens (primary N) is 1. The van der Waals surface area contributed by atoms with Crippen molar-refractivity contribution in [2.75, 3.05) is 18.9 Å². The molecule has 0 spiro atoms. The summed E-state index contributed by atoms with van der Waals surface area (Å²) in [5.41, 5.74) is 5.82. The highest BCUT2D eigenvalue weighted by molar-refractivity contribution is 7.48. The second kappa shape index (κ2) is 8.96. The predicted octanol–water partition coefficient (Wildman–Crippen LogP) is 2.88. The minimum absolute atomic E-state index is 0.136. The van der Waals surface area contributed by atoms with Gasteiger partial charge in [0.25, 0.3) is 0 Å². The molecule has 4 heterocycles. The molecule has 2 aliphatic heterocycles. The monoisotopic (exact) mass is 501 g/mol. The number of hydrogen-bond donors (Lipinski definition) is 3. The summed E-state index contributed by atoms with van der Waals surface area (Å²) in [6.07, 6.45) is -0.610. The summed E-state index contributed by atoms with van der Waals surface area (Å²) >= 11 is 0. The first kappa shape index (κ1) is 23.8. The Balaban J connectivity index is 1.29. The molecule has 35 heavy (non-hydrogen) atoms. The zero-order valence-corrected chi connectivity index (χ0v) is 19.6. The van der Waals surface area contributed by atoms with Crippen LogP contribution in [0, 0.1) is 6.57 Å². The van der Waals surface area contributed by atoms with Gasteiger partial charge in [0, 0.05) is 12.6 Å². The number of phosphoric ester groups is 1. The topological polar surface area (TPSA) is 156 Å². The molecule has 5 rings (SSSR count). The molecule has 0 aliphatic carbocycles. The van der Waals surface area contributed by atoms with E-state index in [1.807, 2.05) is 0 Å². The number of rotatable bonds is 5. The van der Waals surface area contributed by atoms with E-state index in [9.17, 15) is 14.8 Å². The Morgan fingerprint density at radius 3 is 2.86 bits per heavy atom. The van der Waals surface area contributed by atoms with Gasteiger partial charge in [-0.1, -0.05) is 24.3 Å². The van der Waals surface area contributed by atoms with Crippen molar-refractivity contribution in [3.63, 3.8) is 0 Å². The lowest BCUT2D eigenvalue weighted by molar-refractivity contribution is -0.0950. The number of nitrogen functional groups attached to an aromatic ring is 1. The van der Waals surface area contributed by atoms with Crippen molar-refractivity contribution in [2.24, 2.45) is 0 Å². The van der Waals surface area contributed by atoms with Crippen LogP contribution in [0.1, 0.15) is 31.2 Å². The molecule has 184 valence electrons. The van der Waals surface area contributed by atoms with Crippen molar-refractivity contribution in [1.29, 1.82) is 0 Å². The van der Waals surface area contributed by atoms with Crippen LogP contribution < -0.4 is 5.73 Å². The van der Waals surface area contributed by atoms with Crippen LogP contribution in [0.3, 0.4) is 0 Å². The van der Waals surface area contributed by atoms with E-state index in [4.69, 9.17) is 30.6 Å². The lowest BCUT2D eigenvalue weighted by Crippen LogP contribution is -2.44. The molecule has 2 fully saturated rings. The van der Waals surface area contributed by atoms with Crippen molar-refractivity contribution in [3.05, 3.63) is 59.8 Å². The number of aliphatic hydroxyl groups excluding tert-OH is 1. The van der Waals surface area contributed by atoms with Crippen LogP contribution in [0.15, 0.2) is 42.9 Å². The first-order valence-corrected chi connectivity index (χ1v) is 12.4. The second-order valence-electron chi connectivity index (χ2n) is 8.58. The predicted molar refractivity (Wildman–Crippen MR) is 123 cm³/mol. The van der Waals surface area contributed by atoms with Gasteiger partial charge in [0.1, 0.15) is 35.6 Å². The number of hydrogen-bond acceptors (Lipinski definition) is 10. The number of aromatic nitrogens is 3. The van der Waals surface area contributed by atoms with E-state index >= 15 is 0 Å². The lowest BCUT2D eigenvalue weighted by atomic mass is 9.96. The summed E-state index contributed by atoms with van der Waals surface area (Å²) < 4.78 is 37.1. The first-order valence-electron chi connectivity index (χ1n) is 10.9. The molecular weight excluding hydrogens is 477 g/mol. The van der Waals surface area contributed by atoms with Crippen LogP contribution in [-0.2, 0) is 22.9 Å². The molecule has 2 aliphatic rings. The van der Waals surface area contributed by atoms with Crippen LogP contribution in [-0.4, -0.2) is 55.8 Å². The van der Waals surface area contributed by atoms with E-state index < -0.39 is 38.0 Å². The van der Waals surface area contributed by atoms with Crippen LogP contribution in [0.4, 0.5) is 11.5 Å². The molecule has 13 heteroatoms. The van der Waals surface area contributed by atoms with Gasteiger partial charge in [0.05, 0.1) is 31.3 Å². The van der Waals surface area contributed by atoms with Crippen LogP contribution >= 0.6 is 7.82 Å². The maximum Gasteiger partial charge on any atom is 0.475 e. The van der Waals surface area contributed by atoms with Gasteiger partial charge >= 0.3 is 7.82 Å². The third-order valence-corrected chi connectivity index (χ3v) is 7.70. The maximum absolute atomic E-state index is 13.1. The summed E-state index contributed by atoms with van der Waals surface area (Å²) in [4.78, 5) is 11.5. The summed E-state index contributed by atoms with van der Waals surface area (Å²) in [7, 11) is -3.98. The summed E-state index contributed by atoms with van der Waals surface area (Å²) in [5.74, 6) is 0.273. The molecule has 1 aromatic carbocycles. The molecule has 2 saturated heterocycles. The molecular formula is C22H24N5O7P. The van der Waals surface area contributed by atoms with Crippen molar-refractivity contribution in [1.82, 2.24) is 14.5 Å². The normalized spacial score (nSPS) is 33.1. The third-order valence-electron chi connectivity index (χ3n) is 6.22. The van der Waals surface area contributed by atoms with E-state index in [0.717, 1.165) is 5.56 Å². The molecule has 0 saturated carbocycles. The van der Waals surface area contributed by atoms with Gasteiger partial charge in [0.2, 0.25) is 0 Å². The Bertz CT molecular complexity index is 1320. The Labute approximate surface area is 200 Å². The van der Waals surface area contributed by atoms with Crippen molar-refractivity contribution in [2.45, 2.75) is 43.5 Å². The van der Waals surface area contributed by atoms with E-state index in [1.54, 1.807) is 41.1 Å². The molecule has 2 aromatic heterocycles. The van der Waals surface area contributed by atoms with E-state index in [-0.39, 0.29) is 19.0 Å². The van der Waals surface area contributed by atoms with E-state index in [0.29, 0.717) is 23.1 Å². The summed E-state index contributed by atoms with van der Waals surface area (Å²) in [6, 6.07) is 8.46. The number of aliphatic hydroxyl groups is 2. The number of ether oxygens (including phenoxy) is 1. The van der Waals surface area contributed by atoms with Gasteiger partial charge in [-0.2, -0.15) is 0 Å². The van der Waals surface area contributed by atoms with Crippen LogP contribution in [0.5, 0.6) is 0 Å². The zero-order valence-electron chi connectivity index (χ0n) is 18.7. The zero-order chi connectivity index (χ0) is 24.8. The van der Waals surface area contributed by atoms with Gasteiger partial charge in [-0.3, -0.25) is 13.6 Å². The number of phosphoric acid groups is 1. The number of fused-ring (bicyclic) bond motifs is 1. The van der Waals surface area contributed by atoms with Gasteiger partial charge < -0.3 is 25.3 Å². The van der Waals surface area contributed by atoms with Gasteiger partial charge in [-0.25, -0.2) is 19.4 Å². The second-order valence-corrected chi connectivity index (χ2v) is 10.2. The average molecular weight is 501 g/mol. The molecule has 6 atom stereocenters. The van der Waals surface area contributed by atoms with Crippen LogP contribution in [0.25, 0.3) is 15.9 Å². The van der Waals surface area contributed by atoms with Crippen molar-refractivity contribution >= 4 is 30.4 Å². The van der Waals surface area contributed by atoms with Crippen LogP contribution in [0.2, 0.25) is 0 Å². The SMILES string of the molecule is [C-]#[N+]c1ccc([C@@H]2CCOP(=O)(OC[C@H]3O[C@@H](n4ccc5c(N)ncnc54)[C@](C)(O)[C@@H]3O)O2)cc1. The van der Waals surface area contributed by atoms with E-state index in [1.165, 1.54) is 13.3 Å². The van der Waals surface area contributed by atoms with Gasteiger partial charge in [-0.05, 0) is 18.6 Å². The molecule has 1 unspecified atom stereocenters. The first-order chi connectivity index (χ1) is 16.7. The Morgan fingerprint density at radius 1 is 1.34 bits per heavy atom. The third kappa shape index (κ3) is 4.32. The van der Waals surface area contributed by atoms with Gasteiger partial charge in [0.15, 0.2) is 11.9 Å². The minimum atomic E-state index is -3.98. The molecule has 0 bridgehead atoms. The Hall–Kier alpha value is -2.88. The summed E-state index contributed by atoms with van der Waals surface area (Å²) in [5, 5.41) is 22.4. The highest BCUT2D eigenvalue weighted by Crippen LogP contribution is 2.57. The fourth-order valence-electron chi connectivity index (χ4n) is 4.29. The fourth-order valence-corrected chi connectivity index (χ4v) is 5.69. The van der Waals surface area contributed by atoms with E-state index in [2.05, 4.69) is 14.8 Å². The molecule has 4 N–H and O–H groups in total. The number of nitrogens with zero attached hydrogens (tertiary/aromatic N) is 4. The number of anilines is 1. The Morgan fingerprint density at radius 2 is 2.11 bits per heavy atom. The quantitative estimate of drug-likeness (QED) is 0.351. The largest absolute Gasteiger partial charge is 0.475 e. The minimum Gasteiger partial charge on any atom is -0.387 e. The molecule has 0 radical (unpaired) electrons. The van der Waals surface area contributed by atoms with Gasteiger partial charge in [-0.15, -0.1) is 0 Å². The summed E-state index contributed by atoms with van der Waals surface area (Å²) in [6.45, 7) is 8.27. The maximum atomic E-state index is 13.1. The molecule has 12 nitrogen and oxygen atoms in total. The van der Waals surface area contributed by atoms with Crippen molar-refractivity contribution < 1.29 is 33.1 Å². The number of benzene rings is 1. The molecule has 0 amide bonds. The highest BCUT2D eigenvalue weighted by Gasteiger charge is 2.54. The fraction of sp³-hybridized carbons (Fsp3) is 0.409. The smallest absolute Gasteiger partial charge is 0.387 e. The van der Waals surface area contributed by atoms with Crippen molar-refractivity contribution in [3.8, 4) is 0 Å².